The summed E-state index contributed by atoms with van der Waals surface area (Å²) in [7, 11) is 1.96. The summed E-state index contributed by atoms with van der Waals surface area (Å²) in [5, 5.41) is 9.56. The van der Waals surface area contributed by atoms with Crippen molar-refractivity contribution in [3.63, 3.8) is 0 Å². The van der Waals surface area contributed by atoms with E-state index in [1.165, 1.54) is 0 Å². The summed E-state index contributed by atoms with van der Waals surface area (Å²) in [5.74, 6) is -0.486. The molecule has 0 spiro atoms. The monoisotopic (exact) mass is 204 g/mol. The summed E-state index contributed by atoms with van der Waals surface area (Å²) in [6.07, 6.45) is 2.01. The number of hydrogen-bond acceptors (Lipinski definition) is 2. The molecule has 0 atom stereocenters. The Morgan fingerprint density at radius 2 is 2.20 bits per heavy atom. The van der Waals surface area contributed by atoms with E-state index in [2.05, 4.69) is 0 Å². The summed E-state index contributed by atoms with van der Waals surface area (Å²) in [6, 6.07) is 5.33. The molecule has 2 N–H and O–H groups in total. The molecule has 1 aromatic heterocycles. The lowest BCUT2D eigenvalue weighted by Crippen LogP contribution is -2.18. The highest BCUT2D eigenvalue weighted by Crippen LogP contribution is 2.21. The average molecular weight is 204 g/mol. The summed E-state index contributed by atoms with van der Waals surface area (Å²) in [5.41, 5.74) is 4.27. The second-order valence-corrected chi connectivity index (χ2v) is 3.60. The van der Waals surface area contributed by atoms with Crippen LogP contribution in [0.1, 0.15) is 15.9 Å². The van der Waals surface area contributed by atoms with Crippen LogP contribution in [-0.2, 0) is 7.05 Å². The van der Waals surface area contributed by atoms with Gasteiger partial charge in [0.1, 0.15) is 0 Å². The minimum atomic E-state index is -0.486. The van der Waals surface area contributed by atoms with E-state index in [0.717, 1.165) is 16.5 Å². The molecule has 1 aromatic carbocycles. The van der Waals surface area contributed by atoms with E-state index in [4.69, 9.17) is 5.21 Å². The Labute approximate surface area is 87.1 Å². The number of rotatable bonds is 1. The van der Waals surface area contributed by atoms with Gasteiger partial charge >= 0.3 is 0 Å². The molecule has 15 heavy (non-hydrogen) atoms. The van der Waals surface area contributed by atoms with Gasteiger partial charge in [-0.05, 0) is 30.7 Å². The maximum absolute atomic E-state index is 11.2. The lowest BCUT2D eigenvalue weighted by atomic mass is 10.1. The number of aryl methyl sites for hydroxylation is 2. The van der Waals surface area contributed by atoms with Gasteiger partial charge in [-0.25, -0.2) is 5.48 Å². The van der Waals surface area contributed by atoms with Crippen LogP contribution in [0.5, 0.6) is 0 Å². The van der Waals surface area contributed by atoms with Gasteiger partial charge in [0.15, 0.2) is 0 Å². The van der Waals surface area contributed by atoms with Gasteiger partial charge < -0.3 is 4.57 Å². The van der Waals surface area contributed by atoms with Crippen LogP contribution < -0.4 is 5.48 Å². The molecular formula is C11H12N2O2. The molecule has 0 aliphatic carbocycles. The van der Waals surface area contributed by atoms with E-state index in [9.17, 15) is 4.79 Å². The molecule has 0 unspecified atom stereocenters. The molecule has 2 rings (SSSR count). The van der Waals surface area contributed by atoms with Crippen LogP contribution in [0.2, 0.25) is 0 Å². The summed E-state index contributed by atoms with van der Waals surface area (Å²) in [4.78, 5) is 11.2. The first kappa shape index (κ1) is 9.73. The molecule has 1 heterocycles. The molecule has 0 aliphatic heterocycles. The van der Waals surface area contributed by atoms with Crippen LogP contribution in [0.4, 0.5) is 0 Å². The van der Waals surface area contributed by atoms with E-state index in [1.54, 1.807) is 17.6 Å². The Balaban J connectivity index is 2.65. The molecule has 0 saturated heterocycles. The first-order chi connectivity index (χ1) is 7.13. The van der Waals surface area contributed by atoms with Gasteiger partial charge in [-0.1, -0.05) is 0 Å². The van der Waals surface area contributed by atoms with Crippen LogP contribution in [-0.4, -0.2) is 15.7 Å². The van der Waals surface area contributed by atoms with E-state index >= 15 is 0 Å². The molecule has 78 valence electrons. The smallest absolute Gasteiger partial charge is 0.274 e. The third-order valence-corrected chi connectivity index (χ3v) is 2.55. The molecule has 0 fully saturated rings. The topological polar surface area (TPSA) is 54.3 Å². The molecule has 2 aromatic rings. The van der Waals surface area contributed by atoms with Gasteiger partial charge in [0.25, 0.3) is 5.91 Å². The van der Waals surface area contributed by atoms with Gasteiger partial charge in [0.05, 0.1) is 0 Å². The standard InChI is InChI=1S/C11H12N2O2/c1-7-6-13(2)10-4-3-8(5-9(7)10)11(14)12-15/h3-6,15H,1-2H3,(H,12,14). The third-order valence-electron chi connectivity index (χ3n) is 2.55. The van der Waals surface area contributed by atoms with E-state index in [1.807, 2.05) is 30.8 Å². The first-order valence-electron chi connectivity index (χ1n) is 4.63. The van der Waals surface area contributed by atoms with Crippen molar-refractivity contribution >= 4 is 16.8 Å². The van der Waals surface area contributed by atoms with Gasteiger partial charge in [0.2, 0.25) is 0 Å². The number of amides is 1. The molecule has 4 nitrogen and oxygen atoms in total. The number of fused-ring (bicyclic) bond motifs is 1. The van der Waals surface area contributed by atoms with Crippen molar-refractivity contribution < 1.29 is 10.0 Å². The summed E-state index contributed by atoms with van der Waals surface area (Å²) < 4.78 is 2.01. The third kappa shape index (κ3) is 1.49. The zero-order valence-corrected chi connectivity index (χ0v) is 8.61. The number of hydroxylamine groups is 1. The summed E-state index contributed by atoms with van der Waals surface area (Å²) in [6.45, 7) is 1.99. The number of carbonyl (C=O) groups excluding carboxylic acids is 1. The molecule has 0 saturated carbocycles. The van der Waals surface area contributed by atoms with Crippen molar-refractivity contribution in [2.75, 3.05) is 0 Å². The quantitative estimate of drug-likeness (QED) is 0.547. The molecule has 0 bridgehead atoms. The lowest BCUT2D eigenvalue weighted by molar-refractivity contribution is 0.0706. The maximum Gasteiger partial charge on any atom is 0.274 e. The Morgan fingerprint density at radius 1 is 1.47 bits per heavy atom. The van der Waals surface area contributed by atoms with Gasteiger partial charge in [-0.2, -0.15) is 0 Å². The highest BCUT2D eigenvalue weighted by molar-refractivity contribution is 5.98. The average Bonchev–Trinajstić information content (AvgIpc) is 2.53. The lowest BCUT2D eigenvalue weighted by Gasteiger charge is -2.00. The zero-order chi connectivity index (χ0) is 11.0. The fraction of sp³-hybridized carbons (Fsp3) is 0.182. The van der Waals surface area contributed by atoms with Crippen molar-refractivity contribution in [1.82, 2.24) is 10.0 Å². The van der Waals surface area contributed by atoms with Crippen LogP contribution in [0.3, 0.4) is 0 Å². The maximum atomic E-state index is 11.2. The van der Waals surface area contributed by atoms with Crippen molar-refractivity contribution in [2.24, 2.45) is 7.05 Å². The van der Waals surface area contributed by atoms with Crippen molar-refractivity contribution in [3.05, 3.63) is 35.5 Å². The number of hydrogen-bond donors (Lipinski definition) is 2. The number of nitrogens with zero attached hydrogens (tertiary/aromatic N) is 1. The van der Waals surface area contributed by atoms with Crippen LogP contribution in [0.25, 0.3) is 10.9 Å². The number of aromatic nitrogens is 1. The Kier molecular flexibility index (Phi) is 2.21. The van der Waals surface area contributed by atoms with Crippen molar-refractivity contribution in [1.29, 1.82) is 0 Å². The normalized spacial score (nSPS) is 10.6. The minimum absolute atomic E-state index is 0.458. The van der Waals surface area contributed by atoms with Gasteiger partial charge in [-0.15, -0.1) is 0 Å². The van der Waals surface area contributed by atoms with E-state index < -0.39 is 5.91 Å². The largest absolute Gasteiger partial charge is 0.350 e. The fourth-order valence-electron chi connectivity index (χ4n) is 1.79. The van der Waals surface area contributed by atoms with Crippen LogP contribution >= 0.6 is 0 Å². The number of carbonyl (C=O) groups is 1. The Bertz CT molecular complexity index is 529. The van der Waals surface area contributed by atoms with Crippen LogP contribution in [0, 0.1) is 6.92 Å². The molecule has 4 heteroatoms. The predicted octanol–water partition coefficient (Wildman–Crippen LogP) is 1.61. The minimum Gasteiger partial charge on any atom is -0.350 e. The van der Waals surface area contributed by atoms with E-state index in [0.29, 0.717) is 5.56 Å². The van der Waals surface area contributed by atoms with Crippen LogP contribution in [0.15, 0.2) is 24.4 Å². The number of nitrogens with one attached hydrogen (secondary N) is 1. The van der Waals surface area contributed by atoms with Gasteiger partial charge in [0, 0.05) is 29.7 Å². The Morgan fingerprint density at radius 3 is 2.87 bits per heavy atom. The van der Waals surface area contributed by atoms with Crippen molar-refractivity contribution in [2.45, 2.75) is 6.92 Å². The number of benzene rings is 1. The first-order valence-corrected chi connectivity index (χ1v) is 4.63. The Hall–Kier alpha value is -1.81. The molecule has 0 aliphatic rings. The predicted molar refractivity (Wildman–Crippen MR) is 56.9 cm³/mol. The molecule has 0 radical (unpaired) electrons. The SMILES string of the molecule is Cc1cn(C)c2ccc(C(=O)NO)cc12. The molecular weight excluding hydrogens is 192 g/mol. The highest BCUT2D eigenvalue weighted by Gasteiger charge is 2.08. The second kappa shape index (κ2) is 3.40. The van der Waals surface area contributed by atoms with E-state index in [-0.39, 0.29) is 0 Å². The molecule has 1 amide bonds. The second-order valence-electron chi connectivity index (χ2n) is 3.60. The fourth-order valence-corrected chi connectivity index (χ4v) is 1.79. The highest BCUT2D eigenvalue weighted by atomic mass is 16.5. The van der Waals surface area contributed by atoms with Crippen molar-refractivity contribution in [3.8, 4) is 0 Å². The van der Waals surface area contributed by atoms with Gasteiger partial charge in [-0.3, -0.25) is 10.0 Å². The summed E-state index contributed by atoms with van der Waals surface area (Å²) >= 11 is 0. The zero-order valence-electron chi connectivity index (χ0n) is 8.61.